The number of aromatic amines is 1. The van der Waals surface area contributed by atoms with E-state index in [0.717, 1.165) is 0 Å². The highest BCUT2D eigenvalue weighted by molar-refractivity contribution is 7.89. The largest absolute Gasteiger partial charge is 0.366 e. The molecule has 0 radical (unpaired) electrons. The molecule has 0 aromatic carbocycles. The number of hydrogen-bond acceptors (Lipinski definition) is 3. The van der Waals surface area contributed by atoms with Crippen LogP contribution in [-0.4, -0.2) is 19.4 Å². The van der Waals surface area contributed by atoms with Crippen LogP contribution in [0.15, 0.2) is 28.2 Å². The van der Waals surface area contributed by atoms with Crippen LogP contribution >= 0.6 is 0 Å². The molecule has 19 heavy (non-hydrogen) atoms. The Hall–Kier alpha value is -1.14. The Kier molecular flexibility index (Phi) is 2.27. The van der Waals surface area contributed by atoms with Gasteiger partial charge < -0.3 is 4.98 Å². The monoisotopic (exact) mass is 280 g/mol. The summed E-state index contributed by atoms with van der Waals surface area (Å²) in [6.07, 6.45) is 6.47. The average Bonchev–Trinajstić information content (AvgIpc) is 2.77. The molecule has 0 saturated heterocycles. The molecule has 3 fully saturated rings. The molecule has 1 aromatic rings. The SMILES string of the molecule is O=c1cc[nH]cc1S(=O)(=O)NC1C2C3CCC(C3)C12. The van der Waals surface area contributed by atoms with E-state index in [1.165, 1.54) is 37.7 Å². The first-order valence-electron chi connectivity index (χ1n) is 6.77. The van der Waals surface area contributed by atoms with E-state index in [9.17, 15) is 13.2 Å². The number of sulfonamides is 1. The molecule has 3 aliphatic rings. The highest BCUT2D eigenvalue weighted by Gasteiger charge is 2.65. The van der Waals surface area contributed by atoms with Crippen molar-refractivity contribution in [2.75, 3.05) is 0 Å². The van der Waals surface area contributed by atoms with E-state index >= 15 is 0 Å². The molecule has 102 valence electrons. The smallest absolute Gasteiger partial charge is 0.246 e. The zero-order valence-corrected chi connectivity index (χ0v) is 11.2. The molecule has 0 aliphatic heterocycles. The molecule has 4 rings (SSSR count). The molecule has 6 heteroatoms. The molecular formula is C13H16N2O3S. The minimum absolute atomic E-state index is 0.0656. The summed E-state index contributed by atoms with van der Waals surface area (Å²) in [5, 5.41) is 0. The summed E-state index contributed by atoms with van der Waals surface area (Å²) < 4.78 is 27.2. The predicted octanol–water partition coefficient (Wildman–Crippen LogP) is 0.698. The van der Waals surface area contributed by atoms with E-state index in [1.807, 2.05) is 0 Å². The van der Waals surface area contributed by atoms with Crippen LogP contribution in [0.1, 0.15) is 19.3 Å². The third-order valence-electron chi connectivity index (χ3n) is 5.10. The molecule has 5 nitrogen and oxygen atoms in total. The molecular weight excluding hydrogens is 264 g/mol. The van der Waals surface area contributed by atoms with Gasteiger partial charge in [0.05, 0.1) is 0 Å². The minimum Gasteiger partial charge on any atom is -0.366 e. The summed E-state index contributed by atoms with van der Waals surface area (Å²) >= 11 is 0. The third kappa shape index (κ3) is 1.63. The summed E-state index contributed by atoms with van der Waals surface area (Å²) in [4.78, 5) is 14.1. The zero-order valence-electron chi connectivity index (χ0n) is 10.4. The van der Waals surface area contributed by atoms with Crippen molar-refractivity contribution in [1.82, 2.24) is 9.71 Å². The molecule has 4 unspecified atom stereocenters. The second kappa shape index (κ2) is 3.70. The number of fused-ring (bicyclic) bond motifs is 5. The van der Waals surface area contributed by atoms with Gasteiger partial charge >= 0.3 is 0 Å². The summed E-state index contributed by atoms with van der Waals surface area (Å²) in [5.41, 5.74) is -0.458. The Morgan fingerprint density at radius 3 is 2.53 bits per heavy atom. The van der Waals surface area contributed by atoms with Crippen molar-refractivity contribution in [2.24, 2.45) is 23.7 Å². The number of hydrogen-bond donors (Lipinski definition) is 2. The van der Waals surface area contributed by atoms with Crippen molar-refractivity contribution in [2.45, 2.75) is 30.2 Å². The maximum absolute atomic E-state index is 12.2. The first kappa shape index (κ1) is 11.7. The maximum atomic E-state index is 12.2. The lowest BCUT2D eigenvalue weighted by atomic mass is 10.0. The van der Waals surface area contributed by atoms with E-state index in [2.05, 4.69) is 9.71 Å². The third-order valence-corrected chi connectivity index (χ3v) is 6.58. The van der Waals surface area contributed by atoms with Crippen molar-refractivity contribution < 1.29 is 8.42 Å². The Balaban J connectivity index is 1.58. The highest BCUT2D eigenvalue weighted by atomic mass is 32.2. The van der Waals surface area contributed by atoms with Crippen LogP contribution in [0.2, 0.25) is 0 Å². The fourth-order valence-corrected chi connectivity index (χ4v) is 5.69. The summed E-state index contributed by atoms with van der Waals surface area (Å²) in [6.45, 7) is 0. The first-order chi connectivity index (χ1) is 9.08. The quantitative estimate of drug-likeness (QED) is 0.855. The van der Waals surface area contributed by atoms with Crippen molar-refractivity contribution >= 4 is 10.0 Å². The Morgan fingerprint density at radius 2 is 1.89 bits per heavy atom. The lowest BCUT2D eigenvalue weighted by molar-refractivity contribution is 0.456. The van der Waals surface area contributed by atoms with Gasteiger partial charge in [0.15, 0.2) is 0 Å². The van der Waals surface area contributed by atoms with Gasteiger partial charge in [-0.05, 0) is 42.9 Å². The fraction of sp³-hybridized carbons (Fsp3) is 0.615. The van der Waals surface area contributed by atoms with E-state index < -0.39 is 15.5 Å². The Bertz CT molecular complexity index is 665. The number of rotatable bonds is 3. The number of pyridine rings is 1. The van der Waals surface area contributed by atoms with E-state index in [0.29, 0.717) is 23.7 Å². The topological polar surface area (TPSA) is 79.0 Å². The van der Waals surface area contributed by atoms with Crippen molar-refractivity contribution in [1.29, 1.82) is 0 Å². The van der Waals surface area contributed by atoms with Gasteiger partial charge in [-0.25, -0.2) is 13.1 Å². The van der Waals surface area contributed by atoms with E-state index in [-0.39, 0.29) is 10.9 Å². The number of H-pyrrole nitrogens is 1. The molecule has 1 heterocycles. The van der Waals surface area contributed by atoms with E-state index in [1.54, 1.807) is 0 Å². The predicted molar refractivity (Wildman–Crippen MR) is 69.0 cm³/mol. The molecule has 3 aliphatic carbocycles. The lowest BCUT2D eigenvalue weighted by Gasteiger charge is -2.10. The van der Waals surface area contributed by atoms with Crippen LogP contribution in [0, 0.1) is 23.7 Å². The second-order valence-electron chi connectivity index (χ2n) is 6.01. The van der Waals surface area contributed by atoms with Crippen LogP contribution in [0.5, 0.6) is 0 Å². The van der Waals surface area contributed by atoms with Gasteiger partial charge in [0, 0.05) is 24.5 Å². The van der Waals surface area contributed by atoms with Gasteiger partial charge in [-0.15, -0.1) is 0 Å². The van der Waals surface area contributed by atoms with Gasteiger partial charge in [-0.1, -0.05) is 0 Å². The van der Waals surface area contributed by atoms with Crippen LogP contribution < -0.4 is 10.2 Å². The zero-order chi connectivity index (χ0) is 13.2. The van der Waals surface area contributed by atoms with Crippen LogP contribution in [0.25, 0.3) is 0 Å². The lowest BCUT2D eigenvalue weighted by Crippen LogP contribution is -2.33. The maximum Gasteiger partial charge on any atom is 0.246 e. The first-order valence-corrected chi connectivity index (χ1v) is 8.26. The molecule has 0 amide bonds. The van der Waals surface area contributed by atoms with E-state index in [4.69, 9.17) is 0 Å². The van der Waals surface area contributed by atoms with Crippen LogP contribution in [0.4, 0.5) is 0 Å². The van der Waals surface area contributed by atoms with Crippen molar-refractivity contribution in [3.05, 3.63) is 28.7 Å². The van der Waals surface area contributed by atoms with Crippen LogP contribution in [0.3, 0.4) is 0 Å². The summed E-state index contributed by atoms with van der Waals surface area (Å²) in [6, 6.07) is 1.31. The van der Waals surface area contributed by atoms with Crippen LogP contribution in [-0.2, 0) is 10.0 Å². The van der Waals surface area contributed by atoms with Crippen molar-refractivity contribution in [3.8, 4) is 0 Å². The standard InChI is InChI=1S/C13H16N2O3S/c16-9-3-4-14-6-10(9)19(17,18)15-13-11-7-1-2-8(5-7)12(11)13/h3-4,6-8,11-13,15H,1-2,5H2,(H,14,16). The molecule has 2 N–H and O–H groups in total. The summed E-state index contributed by atoms with van der Waals surface area (Å²) in [7, 11) is -3.68. The van der Waals surface area contributed by atoms with Gasteiger partial charge in [-0.3, -0.25) is 4.79 Å². The molecule has 2 bridgehead atoms. The van der Waals surface area contributed by atoms with Gasteiger partial charge in [0.2, 0.25) is 15.5 Å². The average molecular weight is 280 g/mol. The number of aromatic nitrogens is 1. The molecule has 0 spiro atoms. The Morgan fingerprint density at radius 1 is 1.21 bits per heavy atom. The molecule has 4 atom stereocenters. The number of nitrogens with one attached hydrogen (secondary N) is 2. The molecule has 3 saturated carbocycles. The van der Waals surface area contributed by atoms with Crippen molar-refractivity contribution in [3.63, 3.8) is 0 Å². The highest BCUT2D eigenvalue weighted by Crippen LogP contribution is 2.65. The van der Waals surface area contributed by atoms with Gasteiger partial charge in [0.25, 0.3) is 0 Å². The van der Waals surface area contributed by atoms with Gasteiger partial charge in [-0.2, -0.15) is 0 Å². The minimum atomic E-state index is -3.68. The Labute approximate surface area is 111 Å². The summed E-state index contributed by atoms with van der Waals surface area (Å²) in [5.74, 6) is 2.46. The second-order valence-corrected chi connectivity index (χ2v) is 7.69. The normalized spacial score (nSPS) is 39.3. The van der Waals surface area contributed by atoms with Gasteiger partial charge in [0.1, 0.15) is 4.90 Å². The fourth-order valence-electron chi connectivity index (χ4n) is 4.34. The molecule has 1 aromatic heterocycles.